The lowest BCUT2D eigenvalue weighted by Crippen LogP contribution is -1.96. The van der Waals surface area contributed by atoms with E-state index in [-0.39, 0.29) is 5.75 Å². The molecule has 0 atom stereocenters. The van der Waals surface area contributed by atoms with E-state index in [4.69, 9.17) is 16.2 Å². The molecule has 0 heterocycles. The molecule has 0 radical (unpaired) electrons. The highest BCUT2D eigenvalue weighted by Crippen LogP contribution is 2.07. The largest absolute Gasteiger partial charge is 0.232 e. The average Bonchev–Trinajstić information content (AvgIpc) is 2.08. The Bertz CT molecular complexity index is 285. The smallest absolute Gasteiger partial charge is 0.212 e. The van der Waals surface area contributed by atoms with E-state index in [1.54, 1.807) is 0 Å². The van der Waals surface area contributed by atoms with Gasteiger partial charge in [-0.3, -0.25) is 0 Å². The van der Waals surface area contributed by atoms with E-state index in [9.17, 15) is 8.42 Å². The molecule has 0 fully saturated rings. The van der Waals surface area contributed by atoms with Crippen molar-refractivity contribution in [2.75, 3.05) is 12.3 Å². The fourth-order valence-electron chi connectivity index (χ4n) is 1.03. The molecule has 0 aromatic heterocycles. The van der Waals surface area contributed by atoms with Crippen LogP contribution in [0.2, 0.25) is 0 Å². The first-order valence-corrected chi connectivity index (χ1v) is 6.97. The summed E-state index contributed by atoms with van der Waals surface area (Å²) in [5.41, 5.74) is 7.97. The van der Waals surface area contributed by atoms with Crippen molar-refractivity contribution in [2.45, 2.75) is 32.1 Å². The van der Waals surface area contributed by atoms with Gasteiger partial charge in [0.2, 0.25) is 9.05 Å². The Morgan fingerprint density at radius 3 is 2.29 bits per heavy atom. The van der Waals surface area contributed by atoms with Crippen LogP contribution in [0.3, 0.4) is 0 Å². The number of rotatable bonds is 8. The standard InChI is InChI=1S/C7H14ClN3O2S/c8-14(12,13)7-5-3-1-2-4-6-10-11-9/h1-7H2. The molecule has 0 bridgehead atoms. The Balaban J connectivity index is 3.18. The summed E-state index contributed by atoms with van der Waals surface area (Å²) < 4.78 is 21.0. The van der Waals surface area contributed by atoms with Crippen molar-refractivity contribution in [1.82, 2.24) is 0 Å². The molecule has 14 heavy (non-hydrogen) atoms. The molecule has 0 aliphatic carbocycles. The molecule has 0 N–H and O–H groups in total. The molecule has 82 valence electrons. The molecular weight excluding hydrogens is 226 g/mol. The lowest BCUT2D eigenvalue weighted by atomic mass is 10.2. The number of halogens is 1. The molecule has 5 nitrogen and oxygen atoms in total. The Morgan fingerprint density at radius 1 is 1.14 bits per heavy atom. The Labute approximate surface area is 88.5 Å². The van der Waals surface area contributed by atoms with Crippen LogP contribution < -0.4 is 0 Å². The Kier molecular flexibility index (Phi) is 7.65. The second-order valence-corrected chi connectivity index (χ2v) is 5.86. The monoisotopic (exact) mass is 239 g/mol. The van der Waals surface area contributed by atoms with E-state index in [1.807, 2.05) is 0 Å². The molecule has 0 aromatic rings. The number of nitrogens with zero attached hydrogens (tertiary/aromatic N) is 3. The molecule has 0 aromatic carbocycles. The van der Waals surface area contributed by atoms with Gasteiger partial charge in [-0.2, -0.15) is 0 Å². The van der Waals surface area contributed by atoms with E-state index in [1.165, 1.54) is 0 Å². The number of hydrogen-bond donors (Lipinski definition) is 0. The summed E-state index contributed by atoms with van der Waals surface area (Å²) in [7, 11) is 1.71. The van der Waals surface area contributed by atoms with Gasteiger partial charge >= 0.3 is 0 Å². The molecule has 0 spiro atoms. The van der Waals surface area contributed by atoms with Crippen LogP contribution in [0.5, 0.6) is 0 Å². The van der Waals surface area contributed by atoms with Crippen molar-refractivity contribution in [2.24, 2.45) is 5.11 Å². The predicted octanol–water partition coefficient (Wildman–Crippen LogP) is 2.82. The molecule has 0 saturated carbocycles. The minimum absolute atomic E-state index is 0.0465. The summed E-state index contributed by atoms with van der Waals surface area (Å²) in [6.45, 7) is 0.518. The van der Waals surface area contributed by atoms with Gasteiger partial charge in [-0.25, -0.2) is 8.42 Å². The third-order valence-corrected chi connectivity index (χ3v) is 2.95. The van der Waals surface area contributed by atoms with Crippen molar-refractivity contribution >= 4 is 19.7 Å². The first kappa shape index (κ1) is 13.5. The van der Waals surface area contributed by atoms with Crippen molar-refractivity contribution in [1.29, 1.82) is 0 Å². The molecular formula is C7H14ClN3O2S. The second kappa shape index (κ2) is 7.91. The van der Waals surface area contributed by atoms with Crippen molar-refractivity contribution < 1.29 is 8.42 Å². The minimum Gasteiger partial charge on any atom is -0.212 e. The van der Waals surface area contributed by atoms with E-state index < -0.39 is 9.05 Å². The lowest BCUT2D eigenvalue weighted by molar-refractivity contribution is 0.597. The van der Waals surface area contributed by atoms with Gasteiger partial charge in [0.05, 0.1) is 5.75 Å². The van der Waals surface area contributed by atoms with Crippen molar-refractivity contribution in [3.63, 3.8) is 0 Å². The van der Waals surface area contributed by atoms with Gasteiger partial charge in [0.15, 0.2) is 0 Å². The Hall–Kier alpha value is -0.450. The maximum atomic E-state index is 10.5. The first-order chi connectivity index (χ1) is 6.56. The molecule has 0 saturated heterocycles. The van der Waals surface area contributed by atoms with Crippen LogP contribution in [-0.4, -0.2) is 20.7 Å². The summed E-state index contributed by atoms with van der Waals surface area (Å²) in [4.78, 5) is 2.63. The highest BCUT2D eigenvalue weighted by atomic mass is 35.7. The van der Waals surface area contributed by atoms with Gasteiger partial charge in [0, 0.05) is 22.1 Å². The second-order valence-electron chi connectivity index (χ2n) is 2.97. The molecule has 0 amide bonds. The lowest BCUT2D eigenvalue weighted by Gasteiger charge is -1.97. The quantitative estimate of drug-likeness (QED) is 0.215. The summed E-state index contributed by atoms with van der Waals surface area (Å²) in [5.74, 6) is 0.0465. The molecule has 0 unspecified atom stereocenters. The molecule has 0 rings (SSSR count). The van der Waals surface area contributed by atoms with Crippen LogP contribution in [0.25, 0.3) is 10.4 Å². The number of azide groups is 1. The van der Waals surface area contributed by atoms with Gasteiger partial charge < -0.3 is 0 Å². The van der Waals surface area contributed by atoms with Crippen LogP contribution in [-0.2, 0) is 9.05 Å². The summed E-state index contributed by atoms with van der Waals surface area (Å²) >= 11 is 0. The highest BCUT2D eigenvalue weighted by Gasteiger charge is 2.03. The van der Waals surface area contributed by atoms with Crippen LogP contribution in [0.1, 0.15) is 32.1 Å². The topological polar surface area (TPSA) is 82.9 Å². The van der Waals surface area contributed by atoms with E-state index in [0.29, 0.717) is 13.0 Å². The zero-order valence-electron chi connectivity index (χ0n) is 7.89. The minimum atomic E-state index is -3.32. The zero-order valence-corrected chi connectivity index (χ0v) is 9.47. The number of hydrogen-bond acceptors (Lipinski definition) is 3. The van der Waals surface area contributed by atoms with E-state index in [2.05, 4.69) is 10.0 Å². The van der Waals surface area contributed by atoms with Crippen molar-refractivity contribution in [3.05, 3.63) is 10.4 Å². The van der Waals surface area contributed by atoms with Crippen LogP contribution in [0.15, 0.2) is 5.11 Å². The van der Waals surface area contributed by atoms with Gasteiger partial charge in [-0.15, -0.1) is 0 Å². The SMILES string of the molecule is [N-]=[N+]=NCCCCCCCS(=O)(=O)Cl. The average molecular weight is 240 g/mol. The van der Waals surface area contributed by atoms with Crippen LogP contribution in [0, 0.1) is 0 Å². The van der Waals surface area contributed by atoms with Gasteiger partial charge in [-0.05, 0) is 18.4 Å². The van der Waals surface area contributed by atoms with Gasteiger partial charge in [0.1, 0.15) is 0 Å². The predicted molar refractivity (Wildman–Crippen MR) is 56.7 cm³/mol. The number of unbranched alkanes of at least 4 members (excludes halogenated alkanes) is 4. The van der Waals surface area contributed by atoms with Gasteiger partial charge in [-0.1, -0.05) is 24.4 Å². The Morgan fingerprint density at radius 2 is 1.71 bits per heavy atom. The third kappa shape index (κ3) is 11.6. The summed E-state index contributed by atoms with van der Waals surface area (Å²) in [5, 5.41) is 3.39. The summed E-state index contributed by atoms with van der Waals surface area (Å²) in [6.07, 6.45) is 4.22. The van der Waals surface area contributed by atoms with Crippen LogP contribution in [0.4, 0.5) is 0 Å². The third-order valence-electron chi connectivity index (χ3n) is 1.71. The normalized spacial score (nSPS) is 10.9. The van der Waals surface area contributed by atoms with E-state index in [0.717, 1.165) is 25.7 Å². The van der Waals surface area contributed by atoms with Crippen molar-refractivity contribution in [3.8, 4) is 0 Å². The molecule has 0 aliphatic rings. The highest BCUT2D eigenvalue weighted by molar-refractivity contribution is 8.13. The maximum Gasteiger partial charge on any atom is 0.232 e. The van der Waals surface area contributed by atoms with Crippen LogP contribution >= 0.6 is 10.7 Å². The van der Waals surface area contributed by atoms with E-state index >= 15 is 0 Å². The maximum absolute atomic E-state index is 10.5. The van der Waals surface area contributed by atoms with Gasteiger partial charge in [0.25, 0.3) is 0 Å². The summed E-state index contributed by atoms with van der Waals surface area (Å²) in [6, 6.07) is 0. The fourth-order valence-corrected chi connectivity index (χ4v) is 1.91. The fraction of sp³-hybridized carbons (Fsp3) is 1.00. The molecule has 7 heteroatoms. The zero-order chi connectivity index (χ0) is 10.9. The molecule has 0 aliphatic heterocycles. The first-order valence-electron chi connectivity index (χ1n) is 4.49.